The predicted octanol–water partition coefficient (Wildman–Crippen LogP) is 1.22. The normalized spacial score (nSPS) is 15.1. The van der Waals surface area contributed by atoms with Crippen molar-refractivity contribution in [2.75, 3.05) is 24.7 Å². The van der Waals surface area contributed by atoms with Gasteiger partial charge in [0.15, 0.2) is 5.82 Å². The lowest BCUT2D eigenvalue weighted by atomic mass is 9.85. The fourth-order valence-electron chi connectivity index (χ4n) is 3.14. The lowest BCUT2D eigenvalue weighted by Gasteiger charge is -2.21. The summed E-state index contributed by atoms with van der Waals surface area (Å²) < 4.78 is 0. The van der Waals surface area contributed by atoms with E-state index >= 15 is 0 Å². The number of nitrogen functional groups attached to an aromatic ring is 1. The molecule has 9 heteroatoms. The third-order valence-corrected chi connectivity index (χ3v) is 4.42. The quantitative estimate of drug-likeness (QED) is 0.744. The highest BCUT2D eigenvalue weighted by Crippen LogP contribution is 2.33. The van der Waals surface area contributed by atoms with E-state index in [0.717, 1.165) is 18.5 Å². The van der Waals surface area contributed by atoms with E-state index in [1.165, 1.54) is 19.3 Å². The van der Waals surface area contributed by atoms with Crippen molar-refractivity contribution in [3.05, 3.63) is 23.3 Å². The number of H-pyrrole nitrogens is 1. The predicted molar refractivity (Wildman–Crippen MR) is 94.2 cm³/mol. The number of nitrogens with two attached hydrogens (primary N) is 1. The van der Waals surface area contributed by atoms with Gasteiger partial charge in [-0.2, -0.15) is 20.1 Å². The molecule has 134 valence electrons. The van der Waals surface area contributed by atoms with Gasteiger partial charge in [0.05, 0.1) is 24.0 Å². The van der Waals surface area contributed by atoms with Crippen molar-refractivity contribution in [1.82, 2.24) is 30.5 Å². The highest BCUT2D eigenvalue weighted by molar-refractivity contribution is 5.95. The minimum absolute atomic E-state index is 0.133. The number of aromatic nitrogens is 5. The van der Waals surface area contributed by atoms with E-state index in [1.807, 2.05) is 14.1 Å². The van der Waals surface area contributed by atoms with Crippen molar-refractivity contribution in [3.8, 4) is 0 Å². The monoisotopic (exact) mass is 344 g/mol. The summed E-state index contributed by atoms with van der Waals surface area (Å²) in [4.78, 5) is 26.7. The van der Waals surface area contributed by atoms with Crippen molar-refractivity contribution in [3.63, 3.8) is 0 Å². The maximum absolute atomic E-state index is 12.6. The Morgan fingerprint density at radius 3 is 2.76 bits per heavy atom. The van der Waals surface area contributed by atoms with Gasteiger partial charge in [-0.25, -0.2) is 0 Å². The molecular formula is C16H24N8O. The molecule has 4 N–H and O–H groups in total. The molecule has 2 heterocycles. The van der Waals surface area contributed by atoms with Crippen molar-refractivity contribution >= 4 is 17.8 Å². The molecule has 2 aromatic rings. The van der Waals surface area contributed by atoms with Gasteiger partial charge in [0.1, 0.15) is 0 Å². The molecule has 3 rings (SSSR count). The number of amides is 1. The second-order valence-corrected chi connectivity index (χ2v) is 6.52. The van der Waals surface area contributed by atoms with E-state index in [-0.39, 0.29) is 18.4 Å². The Balaban J connectivity index is 1.68. The third kappa shape index (κ3) is 4.04. The molecule has 0 unspecified atom stereocenters. The molecule has 1 aliphatic rings. The Morgan fingerprint density at radius 1 is 1.28 bits per heavy atom. The summed E-state index contributed by atoms with van der Waals surface area (Å²) in [6.45, 7) is 0.182. The van der Waals surface area contributed by atoms with E-state index in [1.54, 1.807) is 11.1 Å². The fourth-order valence-corrected chi connectivity index (χ4v) is 3.14. The number of hydrogen-bond donors (Lipinski definition) is 3. The van der Waals surface area contributed by atoms with E-state index in [4.69, 9.17) is 5.73 Å². The largest absolute Gasteiger partial charge is 0.368 e. The number of carbonyl (C=O) groups is 1. The SMILES string of the molecule is CN(C)c1nc(N)nc(CNC(=O)c2cn[nH]c2C2CCCCC2)n1. The molecule has 1 amide bonds. The second kappa shape index (κ2) is 7.45. The van der Waals surface area contributed by atoms with Gasteiger partial charge < -0.3 is 16.0 Å². The van der Waals surface area contributed by atoms with Crippen molar-refractivity contribution in [2.24, 2.45) is 0 Å². The minimum Gasteiger partial charge on any atom is -0.368 e. The van der Waals surface area contributed by atoms with E-state index in [0.29, 0.717) is 23.3 Å². The molecule has 0 bridgehead atoms. The molecule has 1 fully saturated rings. The number of nitrogens with one attached hydrogen (secondary N) is 2. The van der Waals surface area contributed by atoms with Crippen LogP contribution in [0.1, 0.15) is 59.9 Å². The summed E-state index contributed by atoms with van der Waals surface area (Å²) in [6.07, 6.45) is 7.44. The maximum atomic E-state index is 12.6. The van der Waals surface area contributed by atoms with E-state index in [9.17, 15) is 4.79 Å². The fraction of sp³-hybridized carbons (Fsp3) is 0.562. The summed E-state index contributed by atoms with van der Waals surface area (Å²) in [7, 11) is 3.64. The second-order valence-electron chi connectivity index (χ2n) is 6.52. The van der Waals surface area contributed by atoms with Gasteiger partial charge in [-0.15, -0.1) is 0 Å². The average Bonchev–Trinajstić information content (AvgIpc) is 3.10. The highest BCUT2D eigenvalue weighted by Gasteiger charge is 2.23. The summed E-state index contributed by atoms with van der Waals surface area (Å²) in [5.41, 5.74) is 7.23. The van der Waals surface area contributed by atoms with Crippen LogP contribution in [-0.2, 0) is 6.54 Å². The molecule has 1 aliphatic carbocycles. The molecule has 0 radical (unpaired) electrons. The molecule has 9 nitrogen and oxygen atoms in total. The maximum Gasteiger partial charge on any atom is 0.255 e. The number of anilines is 2. The van der Waals surface area contributed by atoms with Gasteiger partial charge in [-0.05, 0) is 12.8 Å². The van der Waals surface area contributed by atoms with Crippen LogP contribution in [0.25, 0.3) is 0 Å². The zero-order chi connectivity index (χ0) is 17.8. The number of nitrogens with zero attached hydrogens (tertiary/aromatic N) is 5. The molecule has 0 atom stereocenters. The molecular weight excluding hydrogens is 320 g/mol. The van der Waals surface area contributed by atoms with Crippen LogP contribution in [0.5, 0.6) is 0 Å². The van der Waals surface area contributed by atoms with Crippen molar-refractivity contribution in [2.45, 2.75) is 44.6 Å². The lowest BCUT2D eigenvalue weighted by Crippen LogP contribution is -2.26. The molecule has 1 saturated carbocycles. The summed E-state index contributed by atoms with van der Waals surface area (Å²) in [5.74, 6) is 1.22. The number of carbonyl (C=O) groups excluding carboxylic acids is 1. The van der Waals surface area contributed by atoms with Crippen LogP contribution < -0.4 is 16.0 Å². The van der Waals surface area contributed by atoms with Gasteiger partial charge in [-0.3, -0.25) is 9.89 Å². The first kappa shape index (κ1) is 17.1. The molecule has 2 aromatic heterocycles. The Labute approximate surface area is 146 Å². The average molecular weight is 344 g/mol. The van der Waals surface area contributed by atoms with Crippen LogP contribution in [0.3, 0.4) is 0 Å². The van der Waals surface area contributed by atoms with Gasteiger partial charge in [0.25, 0.3) is 5.91 Å². The Kier molecular flexibility index (Phi) is 5.11. The van der Waals surface area contributed by atoms with Crippen LogP contribution in [0.4, 0.5) is 11.9 Å². The van der Waals surface area contributed by atoms with Crippen LogP contribution in [0.2, 0.25) is 0 Å². The summed E-state index contributed by atoms with van der Waals surface area (Å²) >= 11 is 0. The third-order valence-electron chi connectivity index (χ3n) is 4.42. The minimum atomic E-state index is -0.181. The summed E-state index contributed by atoms with van der Waals surface area (Å²) in [5, 5.41) is 9.93. The Hall–Kier alpha value is -2.71. The topological polar surface area (TPSA) is 126 Å². The van der Waals surface area contributed by atoms with Gasteiger partial charge in [0.2, 0.25) is 11.9 Å². The van der Waals surface area contributed by atoms with Crippen LogP contribution in [-0.4, -0.2) is 45.2 Å². The lowest BCUT2D eigenvalue weighted by molar-refractivity contribution is 0.0948. The standard InChI is InChI=1S/C16H24N8O/c1-24(2)16-21-12(20-15(17)22-16)9-18-14(25)11-8-19-23-13(11)10-6-4-3-5-7-10/h8,10H,3-7,9H2,1-2H3,(H,18,25)(H,19,23)(H2,17,20,21,22). The highest BCUT2D eigenvalue weighted by atomic mass is 16.1. The molecule has 0 spiro atoms. The van der Waals surface area contributed by atoms with Crippen LogP contribution in [0.15, 0.2) is 6.20 Å². The van der Waals surface area contributed by atoms with Crippen LogP contribution in [0, 0.1) is 0 Å². The van der Waals surface area contributed by atoms with Gasteiger partial charge in [0, 0.05) is 20.0 Å². The number of rotatable bonds is 5. The first-order valence-corrected chi connectivity index (χ1v) is 8.54. The Morgan fingerprint density at radius 2 is 2.04 bits per heavy atom. The van der Waals surface area contributed by atoms with Gasteiger partial charge in [-0.1, -0.05) is 19.3 Å². The Bertz CT molecular complexity index is 735. The van der Waals surface area contributed by atoms with E-state index < -0.39 is 0 Å². The van der Waals surface area contributed by atoms with Gasteiger partial charge >= 0.3 is 0 Å². The smallest absolute Gasteiger partial charge is 0.255 e. The number of hydrogen-bond acceptors (Lipinski definition) is 7. The van der Waals surface area contributed by atoms with Crippen molar-refractivity contribution < 1.29 is 4.79 Å². The van der Waals surface area contributed by atoms with E-state index in [2.05, 4.69) is 30.5 Å². The molecule has 25 heavy (non-hydrogen) atoms. The molecule has 0 aliphatic heterocycles. The molecule has 0 aromatic carbocycles. The number of aromatic amines is 1. The first-order chi connectivity index (χ1) is 12.0. The first-order valence-electron chi connectivity index (χ1n) is 8.54. The van der Waals surface area contributed by atoms with Crippen molar-refractivity contribution in [1.29, 1.82) is 0 Å². The summed E-state index contributed by atoms with van der Waals surface area (Å²) in [6, 6.07) is 0. The van der Waals surface area contributed by atoms with Crippen LogP contribution >= 0.6 is 0 Å². The zero-order valence-corrected chi connectivity index (χ0v) is 14.6. The molecule has 0 saturated heterocycles. The zero-order valence-electron chi connectivity index (χ0n) is 14.6.